The molecule has 1 atom stereocenters. The monoisotopic (exact) mass is 397 g/mol. The highest BCUT2D eigenvalue weighted by Gasteiger charge is 2.36. The van der Waals surface area contributed by atoms with Gasteiger partial charge in [-0.3, -0.25) is 4.79 Å². The Morgan fingerprint density at radius 2 is 2.14 bits per heavy atom. The van der Waals surface area contributed by atoms with E-state index in [0.29, 0.717) is 11.1 Å². The Morgan fingerprint density at radius 1 is 1.38 bits per heavy atom. The lowest BCUT2D eigenvalue weighted by atomic mass is 9.89. The van der Waals surface area contributed by atoms with Crippen molar-refractivity contribution in [1.29, 1.82) is 5.26 Å². The van der Waals surface area contributed by atoms with Gasteiger partial charge in [0, 0.05) is 17.4 Å². The average Bonchev–Trinajstić information content (AvgIpc) is 2.68. The molecule has 2 heterocycles. The molecule has 1 aliphatic heterocycles. The standard InChI is InChI=1S/C20H17F2N5O2/c1-11-5-13(8-23)9-25-17(11)18(28)26-14-3-4-16(22)15(6-14)20(10-21)7-12(2)29-19(24)27-20/h3-7,9H,10H2,1-2H3,(H2,24,27)(H,26,28). The zero-order valence-corrected chi connectivity index (χ0v) is 15.7. The number of anilines is 1. The molecule has 1 amide bonds. The van der Waals surface area contributed by atoms with Crippen molar-refractivity contribution in [2.75, 3.05) is 12.0 Å². The molecule has 0 bridgehead atoms. The fourth-order valence-electron chi connectivity index (χ4n) is 3.06. The summed E-state index contributed by atoms with van der Waals surface area (Å²) >= 11 is 0. The number of nitrogens with one attached hydrogen (secondary N) is 1. The van der Waals surface area contributed by atoms with Crippen molar-refractivity contribution >= 4 is 17.6 Å². The molecule has 148 valence electrons. The molecule has 7 nitrogen and oxygen atoms in total. The maximum absolute atomic E-state index is 14.5. The highest BCUT2D eigenvalue weighted by molar-refractivity contribution is 6.03. The number of ether oxygens (including phenoxy) is 1. The number of aromatic nitrogens is 1. The third-order valence-electron chi connectivity index (χ3n) is 4.33. The Bertz CT molecular complexity index is 1070. The third-order valence-corrected chi connectivity index (χ3v) is 4.33. The van der Waals surface area contributed by atoms with Gasteiger partial charge in [0.15, 0.2) is 0 Å². The van der Waals surface area contributed by atoms with Crippen molar-refractivity contribution in [2.45, 2.75) is 19.4 Å². The number of nitrogens with zero attached hydrogens (tertiary/aromatic N) is 3. The van der Waals surface area contributed by atoms with E-state index in [1.54, 1.807) is 13.8 Å². The zero-order valence-electron chi connectivity index (χ0n) is 15.7. The van der Waals surface area contributed by atoms with E-state index in [-0.39, 0.29) is 28.7 Å². The fourth-order valence-corrected chi connectivity index (χ4v) is 3.06. The summed E-state index contributed by atoms with van der Waals surface area (Å²) in [7, 11) is 0. The number of pyridine rings is 1. The van der Waals surface area contributed by atoms with Crippen LogP contribution in [0.5, 0.6) is 0 Å². The van der Waals surface area contributed by atoms with E-state index in [4.69, 9.17) is 15.7 Å². The number of nitriles is 1. The molecule has 9 heteroatoms. The van der Waals surface area contributed by atoms with Crippen LogP contribution in [0.3, 0.4) is 0 Å². The van der Waals surface area contributed by atoms with Gasteiger partial charge in [-0.25, -0.2) is 18.8 Å². The van der Waals surface area contributed by atoms with Crippen LogP contribution in [0.4, 0.5) is 14.5 Å². The molecular formula is C20H17F2N5O2. The smallest absolute Gasteiger partial charge is 0.288 e. The Hall–Kier alpha value is -3.80. The lowest BCUT2D eigenvalue weighted by molar-refractivity contribution is 0.102. The highest BCUT2D eigenvalue weighted by Crippen LogP contribution is 2.35. The first-order chi connectivity index (χ1) is 13.8. The van der Waals surface area contributed by atoms with Gasteiger partial charge in [-0.05, 0) is 49.8 Å². The fraction of sp³-hybridized carbons (Fsp3) is 0.200. The third kappa shape index (κ3) is 3.91. The Kier molecular flexibility index (Phi) is 5.28. The lowest BCUT2D eigenvalue weighted by Crippen LogP contribution is -2.34. The van der Waals surface area contributed by atoms with Gasteiger partial charge >= 0.3 is 0 Å². The number of aliphatic imine (C=N–C) groups is 1. The van der Waals surface area contributed by atoms with Gasteiger partial charge in [-0.2, -0.15) is 5.26 Å². The van der Waals surface area contributed by atoms with Gasteiger partial charge in [-0.1, -0.05) is 0 Å². The molecule has 3 rings (SSSR count). The molecule has 0 saturated heterocycles. The number of hydrogen-bond donors (Lipinski definition) is 2. The van der Waals surface area contributed by atoms with Gasteiger partial charge in [-0.15, -0.1) is 0 Å². The van der Waals surface area contributed by atoms with Gasteiger partial charge in [0.05, 0.1) is 5.56 Å². The van der Waals surface area contributed by atoms with Crippen molar-refractivity contribution in [2.24, 2.45) is 10.7 Å². The zero-order chi connectivity index (χ0) is 21.2. The van der Waals surface area contributed by atoms with Crippen LogP contribution in [0, 0.1) is 24.1 Å². The first-order valence-corrected chi connectivity index (χ1v) is 8.54. The summed E-state index contributed by atoms with van der Waals surface area (Å²) in [6, 6.07) is 6.92. The van der Waals surface area contributed by atoms with E-state index in [1.807, 2.05) is 6.07 Å². The minimum Gasteiger partial charge on any atom is -0.431 e. The van der Waals surface area contributed by atoms with E-state index in [2.05, 4.69) is 15.3 Å². The van der Waals surface area contributed by atoms with Crippen LogP contribution in [0.25, 0.3) is 0 Å². The molecule has 29 heavy (non-hydrogen) atoms. The number of alkyl halides is 1. The Morgan fingerprint density at radius 3 is 2.76 bits per heavy atom. The van der Waals surface area contributed by atoms with E-state index < -0.39 is 23.9 Å². The summed E-state index contributed by atoms with van der Waals surface area (Å²) in [5.74, 6) is -0.988. The predicted molar refractivity (Wildman–Crippen MR) is 102 cm³/mol. The molecule has 0 fully saturated rings. The quantitative estimate of drug-likeness (QED) is 0.823. The van der Waals surface area contributed by atoms with Crippen LogP contribution in [-0.4, -0.2) is 23.6 Å². The largest absolute Gasteiger partial charge is 0.431 e. The number of nitrogens with two attached hydrogens (primary N) is 1. The first kappa shape index (κ1) is 19.9. The highest BCUT2D eigenvalue weighted by atomic mass is 19.1. The summed E-state index contributed by atoms with van der Waals surface area (Å²) in [5, 5.41) is 11.5. The van der Waals surface area contributed by atoms with Crippen molar-refractivity contribution in [1.82, 2.24) is 4.98 Å². The lowest BCUT2D eigenvalue weighted by Gasteiger charge is -2.29. The molecule has 1 unspecified atom stereocenters. The molecule has 0 radical (unpaired) electrons. The SMILES string of the molecule is CC1=CC(CF)(c2cc(NC(=O)c3ncc(C#N)cc3C)ccc2F)N=C(N)O1. The van der Waals surface area contributed by atoms with Crippen molar-refractivity contribution < 1.29 is 18.3 Å². The molecular weight excluding hydrogens is 380 g/mol. The summed E-state index contributed by atoms with van der Waals surface area (Å²) in [6.07, 6.45) is 2.61. The van der Waals surface area contributed by atoms with E-state index in [9.17, 15) is 13.6 Å². The van der Waals surface area contributed by atoms with Gasteiger partial charge in [0.1, 0.15) is 35.6 Å². The minimum atomic E-state index is -1.69. The van der Waals surface area contributed by atoms with Gasteiger partial charge in [0.25, 0.3) is 11.9 Å². The normalized spacial score (nSPS) is 18.2. The molecule has 2 aromatic rings. The van der Waals surface area contributed by atoms with Crippen LogP contribution < -0.4 is 11.1 Å². The molecule has 1 aromatic heterocycles. The number of allylic oxidation sites excluding steroid dienone is 1. The van der Waals surface area contributed by atoms with Gasteiger partial charge in [0.2, 0.25) is 0 Å². The summed E-state index contributed by atoms with van der Waals surface area (Å²) in [5.41, 5.74) is 4.95. The second-order valence-corrected chi connectivity index (χ2v) is 6.52. The second kappa shape index (κ2) is 7.67. The number of amides is 1. The average molecular weight is 397 g/mol. The summed E-state index contributed by atoms with van der Waals surface area (Å²) in [4.78, 5) is 20.5. The second-order valence-electron chi connectivity index (χ2n) is 6.52. The number of aryl methyl sites for hydroxylation is 1. The molecule has 1 aliphatic rings. The maximum Gasteiger partial charge on any atom is 0.288 e. The number of halogens is 2. The molecule has 0 saturated carbocycles. The van der Waals surface area contributed by atoms with Crippen LogP contribution in [-0.2, 0) is 10.3 Å². The number of hydrogen-bond acceptors (Lipinski definition) is 6. The van der Waals surface area contributed by atoms with Crippen LogP contribution in [0.1, 0.15) is 34.1 Å². The summed E-state index contributed by atoms with van der Waals surface area (Å²) < 4.78 is 33.6. The maximum atomic E-state index is 14.5. The van der Waals surface area contributed by atoms with Crippen LogP contribution >= 0.6 is 0 Å². The van der Waals surface area contributed by atoms with E-state index in [1.165, 1.54) is 30.5 Å². The van der Waals surface area contributed by atoms with E-state index in [0.717, 1.165) is 6.07 Å². The van der Waals surface area contributed by atoms with Crippen LogP contribution in [0.2, 0.25) is 0 Å². The number of carbonyl (C=O) groups excluding carboxylic acids is 1. The Balaban J connectivity index is 1.97. The van der Waals surface area contributed by atoms with E-state index >= 15 is 0 Å². The van der Waals surface area contributed by atoms with Crippen LogP contribution in [0.15, 0.2) is 47.3 Å². The molecule has 1 aromatic carbocycles. The van der Waals surface area contributed by atoms with Crippen molar-refractivity contribution in [3.05, 3.63) is 70.5 Å². The molecule has 0 aliphatic carbocycles. The number of carbonyl (C=O) groups is 1. The molecule has 3 N–H and O–H groups in total. The Labute approximate surface area is 165 Å². The number of benzene rings is 1. The molecule has 0 spiro atoms. The minimum absolute atomic E-state index is 0.104. The predicted octanol–water partition coefficient (Wildman–Crippen LogP) is 3.07. The number of rotatable bonds is 4. The van der Waals surface area contributed by atoms with Crippen molar-refractivity contribution in [3.8, 4) is 6.07 Å². The topological polar surface area (TPSA) is 113 Å². The van der Waals surface area contributed by atoms with Gasteiger partial charge < -0.3 is 15.8 Å². The van der Waals surface area contributed by atoms with Crippen molar-refractivity contribution in [3.63, 3.8) is 0 Å². The first-order valence-electron chi connectivity index (χ1n) is 8.54. The number of amidine groups is 1. The summed E-state index contributed by atoms with van der Waals surface area (Å²) in [6.45, 7) is 2.14.